The lowest BCUT2D eigenvalue weighted by molar-refractivity contribution is -0.115. The first-order valence-corrected chi connectivity index (χ1v) is 9.77. The van der Waals surface area contributed by atoms with Gasteiger partial charge in [-0.1, -0.05) is 41.9 Å². The van der Waals surface area contributed by atoms with Crippen LogP contribution in [0.2, 0.25) is 5.02 Å². The second-order valence-electron chi connectivity index (χ2n) is 7.01. The molecule has 2 N–H and O–H groups in total. The zero-order valence-electron chi connectivity index (χ0n) is 16.1. The molecule has 1 aliphatic heterocycles. The lowest BCUT2D eigenvalue weighted by Crippen LogP contribution is -2.12. The molecule has 0 atom stereocenters. The van der Waals surface area contributed by atoms with Gasteiger partial charge in [-0.15, -0.1) is 0 Å². The molecule has 0 radical (unpaired) electrons. The first-order chi connectivity index (χ1) is 14.6. The van der Waals surface area contributed by atoms with E-state index in [1.807, 2.05) is 49.5 Å². The molecule has 0 unspecified atom stereocenters. The summed E-state index contributed by atoms with van der Waals surface area (Å²) in [4.78, 5) is 21.3. The average Bonchev–Trinajstić information content (AvgIpc) is 3.03. The minimum absolute atomic E-state index is 0.124. The van der Waals surface area contributed by atoms with Gasteiger partial charge < -0.3 is 10.6 Å². The van der Waals surface area contributed by atoms with Crippen LogP contribution in [0.3, 0.4) is 0 Å². The highest BCUT2D eigenvalue weighted by molar-refractivity contribution is 6.31. The van der Waals surface area contributed by atoms with Gasteiger partial charge in [0.05, 0.1) is 23.5 Å². The molecule has 148 valence electrons. The molecule has 0 aliphatic carbocycles. The third-order valence-corrected chi connectivity index (χ3v) is 5.15. The molecule has 7 nitrogen and oxygen atoms in total. The van der Waals surface area contributed by atoms with Crippen LogP contribution in [-0.4, -0.2) is 25.7 Å². The van der Waals surface area contributed by atoms with Crippen molar-refractivity contribution in [1.29, 1.82) is 0 Å². The minimum atomic E-state index is -0.124. The van der Waals surface area contributed by atoms with Crippen molar-refractivity contribution in [3.8, 4) is 22.5 Å². The maximum absolute atomic E-state index is 12.2. The van der Waals surface area contributed by atoms with E-state index in [4.69, 9.17) is 16.6 Å². The number of aryl methyl sites for hydroxylation is 1. The molecule has 1 aliphatic rings. The number of carbonyl (C=O) groups excluding carboxylic acids is 1. The maximum Gasteiger partial charge on any atom is 0.228 e. The molecule has 0 fully saturated rings. The van der Waals surface area contributed by atoms with Crippen LogP contribution < -0.4 is 10.6 Å². The van der Waals surface area contributed by atoms with Gasteiger partial charge in [-0.25, -0.2) is 9.97 Å². The van der Waals surface area contributed by atoms with Crippen molar-refractivity contribution in [3.63, 3.8) is 0 Å². The van der Waals surface area contributed by atoms with Gasteiger partial charge in [0.15, 0.2) is 0 Å². The third-order valence-electron chi connectivity index (χ3n) is 4.92. The van der Waals surface area contributed by atoms with Gasteiger partial charge in [0.2, 0.25) is 11.9 Å². The molecule has 8 heteroatoms. The van der Waals surface area contributed by atoms with Crippen LogP contribution in [0, 0.1) is 0 Å². The molecule has 3 heterocycles. The number of halogens is 1. The molecule has 0 bridgehead atoms. The summed E-state index contributed by atoms with van der Waals surface area (Å²) in [6.45, 7) is 0. The van der Waals surface area contributed by atoms with E-state index >= 15 is 0 Å². The molecule has 0 spiro atoms. The van der Waals surface area contributed by atoms with Crippen LogP contribution >= 0.6 is 11.6 Å². The molecule has 5 rings (SSSR count). The molecule has 0 saturated carbocycles. The molecule has 2 aromatic carbocycles. The number of hydrogen-bond acceptors (Lipinski definition) is 5. The first kappa shape index (κ1) is 18.3. The Bertz CT molecular complexity index is 1270. The smallest absolute Gasteiger partial charge is 0.228 e. The number of benzene rings is 2. The molecule has 2 aromatic heterocycles. The highest BCUT2D eigenvalue weighted by atomic mass is 35.5. The number of aromatic nitrogens is 4. The predicted molar refractivity (Wildman–Crippen MR) is 117 cm³/mol. The van der Waals surface area contributed by atoms with Crippen molar-refractivity contribution >= 4 is 35.0 Å². The van der Waals surface area contributed by atoms with E-state index in [0.717, 1.165) is 28.2 Å². The van der Waals surface area contributed by atoms with Crippen molar-refractivity contribution in [1.82, 2.24) is 19.7 Å². The molecule has 4 aromatic rings. The fraction of sp³-hybridized carbons (Fsp3) is 0.0909. The van der Waals surface area contributed by atoms with Gasteiger partial charge >= 0.3 is 0 Å². The van der Waals surface area contributed by atoms with Crippen LogP contribution in [0.5, 0.6) is 0 Å². The monoisotopic (exact) mass is 416 g/mol. The zero-order valence-corrected chi connectivity index (χ0v) is 16.8. The van der Waals surface area contributed by atoms with Crippen molar-refractivity contribution < 1.29 is 4.79 Å². The van der Waals surface area contributed by atoms with Crippen molar-refractivity contribution in [2.45, 2.75) is 6.42 Å². The minimum Gasteiger partial charge on any atom is -0.325 e. The summed E-state index contributed by atoms with van der Waals surface area (Å²) in [7, 11) is 1.86. The summed E-state index contributed by atoms with van der Waals surface area (Å²) in [6.07, 6.45) is 1.88. The van der Waals surface area contributed by atoms with Crippen LogP contribution in [0.4, 0.5) is 17.5 Å². The Morgan fingerprint density at radius 1 is 1.13 bits per heavy atom. The Balaban J connectivity index is 1.52. The number of rotatable bonds is 3. The SMILES string of the molecule is Cn1nc(-c2ccccc2)cc1Nc1ncc2c(n1)-c1ccc(Cl)cc1NC(=O)C2. The topological polar surface area (TPSA) is 84.7 Å². The highest BCUT2D eigenvalue weighted by Crippen LogP contribution is 2.35. The normalized spacial score (nSPS) is 12.5. The van der Waals surface area contributed by atoms with Crippen LogP contribution in [0.25, 0.3) is 22.5 Å². The van der Waals surface area contributed by atoms with Crippen molar-refractivity contribution in [2.24, 2.45) is 7.05 Å². The molecule has 30 heavy (non-hydrogen) atoms. The molecule has 1 amide bonds. The van der Waals surface area contributed by atoms with Gasteiger partial charge in [-0.3, -0.25) is 9.48 Å². The Hall–Kier alpha value is -3.71. The quantitative estimate of drug-likeness (QED) is 0.516. The number of amides is 1. The van der Waals surface area contributed by atoms with Crippen molar-refractivity contribution in [3.05, 3.63) is 71.4 Å². The number of hydrogen-bond donors (Lipinski definition) is 2. The second-order valence-corrected chi connectivity index (χ2v) is 7.45. The lowest BCUT2D eigenvalue weighted by Gasteiger charge is -2.10. The summed E-state index contributed by atoms with van der Waals surface area (Å²) in [5.74, 6) is 1.06. The van der Waals surface area contributed by atoms with Crippen LogP contribution in [0.15, 0.2) is 60.8 Å². The fourth-order valence-electron chi connectivity index (χ4n) is 3.47. The zero-order chi connectivity index (χ0) is 20.7. The van der Waals surface area contributed by atoms with E-state index in [0.29, 0.717) is 22.4 Å². The first-order valence-electron chi connectivity index (χ1n) is 9.39. The highest BCUT2D eigenvalue weighted by Gasteiger charge is 2.21. The Morgan fingerprint density at radius 3 is 2.80 bits per heavy atom. The van der Waals surface area contributed by atoms with Gasteiger partial charge in [0.1, 0.15) is 5.82 Å². The number of nitrogens with zero attached hydrogens (tertiary/aromatic N) is 4. The van der Waals surface area contributed by atoms with E-state index in [2.05, 4.69) is 20.7 Å². The fourth-order valence-corrected chi connectivity index (χ4v) is 3.64. The predicted octanol–water partition coefficient (Wildman–Crippen LogP) is 4.44. The Kier molecular flexibility index (Phi) is 4.44. The number of anilines is 3. The van der Waals surface area contributed by atoms with Gasteiger partial charge in [-0.05, 0) is 18.2 Å². The van der Waals surface area contributed by atoms with Gasteiger partial charge in [0, 0.05) is 41.0 Å². The summed E-state index contributed by atoms with van der Waals surface area (Å²) < 4.78 is 1.75. The van der Waals surface area contributed by atoms with Gasteiger partial charge in [0.25, 0.3) is 0 Å². The van der Waals surface area contributed by atoms with Crippen molar-refractivity contribution in [2.75, 3.05) is 10.6 Å². The Labute approximate surface area is 177 Å². The summed E-state index contributed by atoms with van der Waals surface area (Å²) >= 11 is 6.11. The molecular weight excluding hydrogens is 400 g/mol. The lowest BCUT2D eigenvalue weighted by atomic mass is 10.1. The largest absolute Gasteiger partial charge is 0.325 e. The summed E-state index contributed by atoms with van der Waals surface area (Å²) in [5.41, 5.74) is 4.78. The average molecular weight is 417 g/mol. The standard InChI is InChI=1S/C22H17ClN6O/c1-29-19(11-17(28-29)13-5-3-2-4-6-13)26-22-24-12-14-9-20(30)25-18-10-15(23)7-8-16(18)21(14)27-22/h2-8,10-12H,9H2,1H3,(H,25,30)(H,24,26,27). The number of nitrogens with one attached hydrogen (secondary N) is 2. The van der Waals surface area contributed by atoms with Crippen LogP contribution in [0.1, 0.15) is 5.56 Å². The third kappa shape index (κ3) is 3.40. The summed E-state index contributed by atoms with van der Waals surface area (Å²) in [5, 5.41) is 11.2. The molecule has 0 saturated heterocycles. The Morgan fingerprint density at radius 2 is 1.97 bits per heavy atom. The second kappa shape index (κ2) is 7.27. The van der Waals surface area contributed by atoms with E-state index < -0.39 is 0 Å². The maximum atomic E-state index is 12.2. The van der Waals surface area contributed by atoms with E-state index in [9.17, 15) is 4.79 Å². The summed E-state index contributed by atoms with van der Waals surface area (Å²) in [6, 6.07) is 17.3. The van der Waals surface area contributed by atoms with Crippen LogP contribution in [-0.2, 0) is 18.3 Å². The van der Waals surface area contributed by atoms with E-state index in [1.165, 1.54) is 0 Å². The number of carbonyl (C=O) groups is 1. The molecular formula is C22H17ClN6O. The number of fused-ring (bicyclic) bond motifs is 3. The van der Waals surface area contributed by atoms with E-state index in [-0.39, 0.29) is 12.3 Å². The van der Waals surface area contributed by atoms with Gasteiger partial charge in [-0.2, -0.15) is 5.10 Å². The van der Waals surface area contributed by atoms with E-state index in [1.54, 1.807) is 23.0 Å².